The van der Waals surface area contributed by atoms with Crippen molar-refractivity contribution in [3.05, 3.63) is 28.5 Å². The van der Waals surface area contributed by atoms with Crippen LogP contribution < -0.4 is 0 Å². The molecule has 1 aromatic carbocycles. The van der Waals surface area contributed by atoms with E-state index in [-0.39, 0.29) is 34.7 Å². The number of hydrogen-bond donors (Lipinski definition) is 0. The molecule has 19 heavy (non-hydrogen) atoms. The molecule has 1 aliphatic rings. The fraction of sp³-hybridized carbons (Fsp3) is 0.500. The van der Waals surface area contributed by atoms with Gasteiger partial charge in [0.1, 0.15) is 5.82 Å². The van der Waals surface area contributed by atoms with E-state index < -0.39 is 15.8 Å². The maximum atomic E-state index is 13.5. The standard InChI is InChI=1S/C12H15BrFNO3S/c1-8-6-15(7-9(2)18-8)19(16,17)10-3-4-11(13)12(14)5-10/h3-5,8-9H,6-7H2,1-2H3. The number of ether oxygens (including phenoxy) is 1. The van der Waals surface area contributed by atoms with E-state index in [4.69, 9.17) is 4.74 Å². The summed E-state index contributed by atoms with van der Waals surface area (Å²) in [5.74, 6) is -0.588. The molecule has 1 fully saturated rings. The third-order valence-corrected chi connectivity index (χ3v) is 5.39. The Morgan fingerprint density at radius 2 is 1.89 bits per heavy atom. The highest BCUT2D eigenvalue weighted by molar-refractivity contribution is 9.10. The zero-order chi connectivity index (χ0) is 14.2. The minimum atomic E-state index is -3.67. The maximum Gasteiger partial charge on any atom is 0.243 e. The van der Waals surface area contributed by atoms with Crippen LogP contribution in [0.25, 0.3) is 0 Å². The third kappa shape index (κ3) is 3.16. The quantitative estimate of drug-likeness (QED) is 0.821. The first-order chi connectivity index (χ1) is 8.80. The molecule has 106 valence electrons. The molecule has 0 amide bonds. The third-order valence-electron chi connectivity index (χ3n) is 2.91. The predicted molar refractivity (Wildman–Crippen MR) is 72.9 cm³/mol. The van der Waals surface area contributed by atoms with Gasteiger partial charge in [-0.1, -0.05) is 0 Å². The Morgan fingerprint density at radius 1 is 1.32 bits per heavy atom. The minimum absolute atomic E-state index is 0.0329. The van der Waals surface area contributed by atoms with E-state index in [2.05, 4.69) is 15.9 Å². The van der Waals surface area contributed by atoms with Crippen molar-refractivity contribution in [2.24, 2.45) is 0 Å². The van der Waals surface area contributed by atoms with Crippen molar-refractivity contribution in [1.29, 1.82) is 0 Å². The summed E-state index contributed by atoms with van der Waals surface area (Å²) in [5, 5.41) is 0. The molecule has 0 aromatic heterocycles. The molecular weight excluding hydrogens is 337 g/mol. The van der Waals surface area contributed by atoms with Crippen molar-refractivity contribution < 1.29 is 17.5 Å². The largest absolute Gasteiger partial charge is 0.373 e. The fourth-order valence-corrected chi connectivity index (χ4v) is 3.96. The lowest BCUT2D eigenvalue weighted by Gasteiger charge is -2.34. The van der Waals surface area contributed by atoms with E-state index in [1.165, 1.54) is 16.4 Å². The maximum absolute atomic E-state index is 13.5. The summed E-state index contributed by atoms with van der Waals surface area (Å²) < 4.78 is 45.4. The van der Waals surface area contributed by atoms with Gasteiger partial charge in [0.25, 0.3) is 0 Å². The van der Waals surface area contributed by atoms with Crippen LogP contribution in [0.1, 0.15) is 13.8 Å². The Balaban J connectivity index is 2.33. The van der Waals surface area contributed by atoms with Crippen LogP contribution in [-0.2, 0) is 14.8 Å². The molecule has 0 N–H and O–H groups in total. The Morgan fingerprint density at radius 3 is 2.42 bits per heavy atom. The number of nitrogens with zero attached hydrogens (tertiary/aromatic N) is 1. The monoisotopic (exact) mass is 351 g/mol. The van der Waals surface area contributed by atoms with Crippen LogP contribution in [0.3, 0.4) is 0 Å². The van der Waals surface area contributed by atoms with Crippen LogP contribution >= 0.6 is 15.9 Å². The Bertz CT molecular complexity index is 568. The average Bonchev–Trinajstić information content (AvgIpc) is 2.31. The van der Waals surface area contributed by atoms with E-state index >= 15 is 0 Å². The summed E-state index contributed by atoms with van der Waals surface area (Å²) >= 11 is 3.01. The predicted octanol–water partition coefficient (Wildman–Crippen LogP) is 2.39. The summed E-state index contributed by atoms with van der Waals surface area (Å²) in [6.45, 7) is 4.20. The lowest BCUT2D eigenvalue weighted by atomic mass is 10.3. The van der Waals surface area contributed by atoms with E-state index in [0.717, 1.165) is 6.07 Å². The second-order valence-electron chi connectivity index (χ2n) is 4.66. The Kier molecular flexibility index (Phi) is 4.29. The van der Waals surface area contributed by atoms with Crippen molar-refractivity contribution in [3.63, 3.8) is 0 Å². The number of halogens is 2. The second-order valence-corrected chi connectivity index (χ2v) is 7.45. The highest BCUT2D eigenvalue weighted by Gasteiger charge is 2.32. The van der Waals surface area contributed by atoms with Gasteiger partial charge in [0.2, 0.25) is 10.0 Å². The van der Waals surface area contributed by atoms with Crippen LogP contribution in [0.5, 0.6) is 0 Å². The topological polar surface area (TPSA) is 46.6 Å². The van der Waals surface area contributed by atoms with E-state index in [9.17, 15) is 12.8 Å². The van der Waals surface area contributed by atoms with Gasteiger partial charge in [-0.3, -0.25) is 0 Å². The Hall–Kier alpha value is -0.500. The van der Waals surface area contributed by atoms with Gasteiger partial charge in [-0.25, -0.2) is 12.8 Å². The molecule has 0 radical (unpaired) electrons. The lowest BCUT2D eigenvalue weighted by molar-refractivity contribution is -0.0440. The molecule has 2 unspecified atom stereocenters. The lowest BCUT2D eigenvalue weighted by Crippen LogP contribution is -2.48. The van der Waals surface area contributed by atoms with Gasteiger partial charge in [-0.05, 0) is 48.0 Å². The summed E-state index contributed by atoms with van der Waals surface area (Å²) in [5.41, 5.74) is 0. The highest BCUT2D eigenvalue weighted by atomic mass is 79.9. The molecular formula is C12H15BrFNO3S. The van der Waals surface area contributed by atoms with E-state index in [1.54, 1.807) is 0 Å². The molecule has 1 aromatic rings. The molecule has 1 saturated heterocycles. The highest BCUT2D eigenvalue weighted by Crippen LogP contribution is 2.24. The van der Waals surface area contributed by atoms with Crippen molar-refractivity contribution in [2.45, 2.75) is 31.0 Å². The first-order valence-corrected chi connectivity index (χ1v) is 8.14. The van der Waals surface area contributed by atoms with Crippen LogP contribution in [-0.4, -0.2) is 38.0 Å². The van der Waals surface area contributed by atoms with Gasteiger partial charge in [0.05, 0.1) is 21.6 Å². The van der Waals surface area contributed by atoms with Gasteiger partial charge >= 0.3 is 0 Å². The van der Waals surface area contributed by atoms with Crippen LogP contribution in [0.15, 0.2) is 27.6 Å². The van der Waals surface area contributed by atoms with Crippen molar-refractivity contribution in [3.8, 4) is 0 Å². The van der Waals surface area contributed by atoms with Crippen molar-refractivity contribution >= 4 is 26.0 Å². The molecule has 0 spiro atoms. The molecule has 4 nitrogen and oxygen atoms in total. The number of hydrogen-bond acceptors (Lipinski definition) is 3. The van der Waals surface area contributed by atoms with E-state index in [1.807, 2.05) is 13.8 Å². The molecule has 2 atom stereocenters. The normalized spacial score (nSPS) is 25.5. The number of morpholine rings is 1. The molecule has 7 heteroatoms. The van der Waals surface area contributed by atoms with Gasteiger partial charge in [0.15, 0.2) is 0 Å². The Labute approximate surface area is 120 Å². The number of benzene rings is 1. The number of rotatable bonds is 2. The summed E-state index contributed by atoms with van der Waals surface area (Å²) in [7, 11) is -3.67. The SMILES string of the molecule is CC1CN(S(=O)(=O)c2ccc(Br)c(F)c2)CC(C)O1. The molecule has 1 heterocycles. The minimum Gasteiger partial charge on any atom is -0.373 e. The van der Waals surface area contributed by atoms with Gasteiger partial charge in [-0.15, -0.1) is 0 Å². The van der Waals surface area contributed by atoms with E-state index in [0.29, 0.717) is 0 Å². The smallest absolute Gasteiger partial charge is 0.243 e. The van der Waals surface area contributed by atoms with Gasteiger partial charge < -0.3 is 4.74 Å². The van der Waals surface area contributed by atoms with Crippen molar-refractivity contribution in [2.75, 3.05) is 13.1 Å². The average molecular weight is 352 g/mol. The number of sulfonamides is 1. The second kappa shape index (κ2) is 5.47. The molecule has 0 saturated carbocycles. The van der Waals surface area contributed by atoms with Crippen LogP contribution in [0, 0.1) is 5.82 Å². The zero-order valence-electron chi connectivity index (χ0n) is 10.6. The molecule has 2 rings (SSSR count). The van der Waals surface area contributed by atoms with Gasteiger partial charge in [-0.2, -0.15) is 4.31 Å². The molecule has 0 aliphatic carbocycles. The van der Waals surface area contributed by atoms with Crippen LogP contribution in [0.4, 0.5) is 4.39 Å². The summed E-state index contributed by atoms with van der Waals surface area (Å²) in [6.07, 6.45) is -0.336. The first-order valence-electron chi connectivity index (χ1n) is 5.91. The molecule has 1 aliphatic heterocycles. The summed E-state index contributed by atoms with van der Waals surface area (Å²) in [4.78, 5) is -0.0329. The molecule has 0 bridgehead atoms. The fourth-order valence-electron chi connectivity index (χ4n) is 2.11. The van der Waals surface area contributed by atoms with Gasteiger partial charge in [0, 0.05) is 13.1 Å². The van der Waals surface area contributed by atoms with Crippen molar-refractivity contribution in [1.82, 2.24) is 4.31 Å². The van der Waals surface area contributed by atoms with Crippen LogP contribution in [0.2, 0.25) is 0 Å². The summed E-state index contributed by atoms with van der Waals surface area (Å²) in [6, 6.07) is 3.83. The first kappa shape index (κ1) is 14.9. The zero-order valence-corrected chi connectivity index (χ0v) is 13.0.